The summed E-state index contributed by atoms with van der Waals surface area (Å²) in [7, 11) is 0. The van der Waals surface area contributed by atoms with Gasteiger partial charge in [0.1, 0.15) is 0 Å². The third kappa shape index (κ3) is 2.14. The second kappa shape index (κ2) is 4.23. The second-order valence-electron chi connectivity index (χ2n) is 3.70. The average Bonchev–Trinajstić information content (AvgIpc) is 2.59. The Morgan fingerprint density at radius 3 is 2.38 bits per heavy atom. The van der Waals surface area contributed by atoms with Gasteiger partial charge in [0.15, 0.2) is 17.3 Å². The van der Waals surface area contributed by atoms with Gasteiger partial charge in [-0.3, -0.25) is 14.4 Å². The first kappa shape index (κ1) is 10.5. The summed E-state index contributed by atoms with van der Waals surface area (Å²) >= 11 is 0. The molecule has 0 atom stereocenters. The summed E-state index contributed by atoms with van der Waals surface area (Å²) in [6, 6.07) is 8.75. The fraction of sp³-hybridized carbons (Fsp3) is 0.154. The third-order valence-corrected chi connectivity index (χ3v) is 2.47. The SMILES string of the molecule is O=C1C=C(CC(=O)c2ccccc2)C(=O)C1. The highest BCUT2D eigenvalue weighted by atomic mass is 16.2. The van der Waals surface area contributed by atoms with Gasteiger partial charge >= 0.3 is 0 Å². The monoisotopic (exact) mass is 214 g/mol. The Kier molecular flexibility index (Phi) is 2.77. The zero-order chi connectivity index (χ0) is 11.5. The van der Waals surface area contributed by atoms with Crippen molar-refractivity contribution < 1.29 is 14.4 Å². The summed E-state index contributed by atoms with van der Waals surface area (Å²) in [6.07, 6.45) is 1.22. The predicted molar refractivity (Wildman–Crippen MR) is 58.1 cm³/mol. The normalized spacial score (nSPS) is 15.1. The van der Waals surface area contributed by atoms with E-state index in [1.165, 1.54) is 6.08 Å². The van der Waals surface area contributed by atoms with Gasteiger partial charge in [-0.25, -0.2) is 0 Å². The first-order valence-electron chi connectivity index (χ1n) is 5.01. The van der Waals surface area contributed by atoms with Gasteiger partial charge in [-0.1, -0.05) is 30.3 Å². The zero-order valence-electron chi connectivity index (χ0n) is 8.60. The van der Waals surface area contributed by atoms with Crippen molar-refractivity contribution in [1.82, 2.24) is 0 Å². The van der Waals surface area contributed by atoms with Crippen LogP contribution >= 0.6 is 0 Å². The van der Waals surface area contributed by atoms with Crippen LogP contribution in [0, 0.1) is 0 Å². The largest absolute Gasteiger partial charge is 0.294 e. The lowest BCUT2D eigenvalue weighted by Gasteiger charge is -2.00. The molecule has 0 aliphatic heterocycles. The van der Waals surface area contributed by atoms with Crippen molar-refractivity contribution in [1.29, 1.82) is 0 Å². The molecule has 0 radical (unpaired) electrons. The smallest absolute Gasteiger partial charge is 0.167 e. The Morgan fingerprint density at radius 1 is 1.12 bits per heavy atom. The van der Waals surface area contributed by atoms with E-state index in [4.69, 9.17) is 0 Å². The number of benzene rings is 1. The van der Waals surface area contributed by atoms with E-state index in [0.717, 1.165) is 0 Å². The third-order valence-electron chi connectivity index (χ3n) is 2.47. The molecule has 1 aliphatic rings. The topological polar surface area (TPSA) is 51.2 Å². The Labute approximate surface area is 92.8 Å². The van der Waals surface area contributed by atoms with E-state index in [1.54, 1.807) is 24.3 Å². The maximum absolute atomic E-state index is 11.7. The number of carbonyl (C=O) groups excluding carboxylic acids is 3. The molecule has 3 heteroatoms. The van der Waals surface area contributed by atoms with Crippen molar-refractivity contribution in [3.05, 3.63) is 47.5 Å². The molecule has 0 saturated carbocycles. The van der Waals surface area contributed by atoms with Gasteiger partial charge in [0, 0.05) is 17.6 Å². The van der Waals surface area contributed by atoms with Crippen LogP contribution in [0.1, 0.15) is 23.2 Å². The average molecular weight is 214 g/mol. The molecule has 0 spiro atoms. The highest BCUT2D eigenvalue weighted by Gasteiger charge is 2.23. The minimum Gasteiger partial charge on any atom is -0.294 e. The first-order chi connectivity index (χ1) is 7.66. The summed E-state index contributed by atoms with van der Waals surface area (Å²) < 4.78 is 0. The van der Waals surface area contributed by atoms with Crippen molar-refractivity contribution in [2.45, 2.75) is 12.8 Å². The molecule has 0 unspecified atom stereocenters. The van der Waals surface area contributed by atoms with Crippen LogP contribution in [0.5, 0.6) is 0 Å². The molecule has 0 N–H and O–H groups in total. The maximum atomic E-state index is 11.7. The summed E-state index contributed by atoms with van der Waals surface area (Å²) in [6.45, 7) is 0. The van der Waals surface area contributed by atoms with E-state index >= 15 is 0 Å². The minimum absolute atomic E-state index is 0.0224. The Balaban J connectivity index is 2.12. The maximum Gasteiger partial charge on any atom is 0.167 e. The molecule has 0 aromatic heterocycles. The molecular weight excluding hydrogens is 204 g/mol. The molecule has 80 valence electrons. The molecule has 0 fully saturated rings. The molecule has 1 aliphatic carbocycles. The number of rotatable bonds is 3. The number of carbonyl (C=O) groups is 3. The first-order valence-corrected chi connectivity index (χ1v) is 5.01. The fourth-order valence-electron chi connectivity index (χ4n) is 1.65. The number of allylic oxidation sites excluding steroid dienone is 2. The van der Waals surface area contributed by atoms with Crippen molar-refractivity contribution in [3.63, 3.8) is 0 Å². The highest BCUT2D eigenvalue weighted by Crippen LogP contribution is 2.17. The predicted octanol–water partition coefficient (Wildman–Crippen LogP) is 1.73. The lowest BCUT2D eigenvalue weighted by molar-refractivity contribution is -0.120. The summed E-state index contributed by atoms with van der Waals surface area (Å²) in [5.41, 5.74) is 0.898. The van der Waals surface area contributed by atoms with Crippen LogP contribution in [0.4, 0.5) is 0 Å². The van der Waals surface area contributed by atoms with Crippen molar-refractivity contribution in [3.8, 4) is 0 Å². The van der Waals surface area contributed by atoms with Crippen LogP contribution in [-0.4, -0.2) is 17.3 Å². The van der Waals surface area contributed by atoms with Crippen LogP contribution < -0.4 is 0 Å². The van der Waals surface area contributed by atoms with Crippen LogP contribution in [-0.2, 0) is 9.59 Å². The summed E-state index contributed by atoms with van der Waals surface area (Å²) in [4.78, 5) is 34.0. The molecule has 1 aromatic rings. The van der Waals surface area contributed by atoms with Crippen LogP contribution in [0.25, 0.3) is 0 Å². The molecule has 1 aromatic carbocycles. The number of hydrogen-bond donors (Lipinski definition) is 0. The molecule has 2 rings (SSSR count). The van der Waals surface area contributed by atoms with Gasteiger partial charge in [0.05, 0.1) is 6.42 Å². The summed E-state index contributed by atoms with van der Waals surface area (Å²) in [5.74, 6) is -0.565. The molecule has 0 bridgehead atoms. The number of Topliss-reactive ketones (excluding diaryl/α,β-unsaturated/α-hetero) is 2. The lowest BCUT2D eigenvalue weighted by atomic mass is 10.0. The number of ketones is 3. The van der Waals surface area contributed by atoms with E-state index in [2.05, 4.69) is 0 Å². The van der Waals surface area contributed by atoms with Crippen molar-refractivity contribution in [2.75, 3.05) is 0 Å². The molecule has 16 heavy (non-hydrogen) atoms. The molecular formula is C13H10O3. The minimum atomic E-state index is -0.228. The standard InChI is InChI=1S/C13H10O3/c14-11-6-10(13(16)8-11)7-12(15)9-4-2-1-3-5-9/h1-6H,7-8H2. The quantitative estimate of drug-likeness (QED) is 0.568. The number of hydrogen-bond acceptors (Lipinski definition) is 3. The summed E-state index contributed by atoms with van der Waals surface area (Å²) in [5, 5.41) is 0. The van der Waals surface area contributed by atoms with Gasteiger partial charge in [0.2, 0.25) is 0 Å². The zero-order valence-corrected chi connectivity index (χ0v) is 8.60. The highest BCUT2D eigenvalue weighted by molar-refractivity contribution is 6.21. The van der Waals surface area contributed by atoms with Crippen LogP contribution in [0.15, 0.2) is 42.0 Å². The van der Waals surface area contributed by atoms with E-state index in [1.807, 2.05) is 6.07 Å². The van der Waals surface area contributed by atoms with Crippen molar-refractivity contribution >= 4 is 17.3 Å². The van der Waals surface area contributed by atoms with E-state index in [0.29, 0.717) is 11.1 Å². The van der Waals surface area contributed by atoms with E-state index in [-0.39, 0.29) is 30.2 Å². The molecule has 0 heterocycles. The van der Waals surface area contributed by atoms with Gasteiger partial charge in [0.25, 0.3) is 0 Å². The Hall–Kier alpha value is -2.03. The van der Waals surface area contributed by atoms with E-state index < -0.39 is 0 Å². The lowest BCUT2D eigenvalue weighted by Crippen LogP contribution is -2.05. The van der Waals surface area contributed by atoms with Crippen LogP contribution in [0.2, 0.25) is 0 Å². The second-order valence-corrected chi connectivity index (χ2v) is 3.70. The van der Waals surface area contributed by atoms with Crippen molar-refractivity contribution in [2.24, 2.45) is 0 Å². The Bertz CT molecular complexity index is 483. The van der Waals surface area contributed by atoms with E-state index in [9.17, 15) is 14.4 Å². The Morgan fingerprint density at radius 2 is 1.81 bits per heavy atom. The van der Waals surface area contributed by atoms with Crippen LogP contribution in [0.3, 0.4) is 0 Å². The van der Waals surface area contributed by atoms with Gasteiger partial charge in [-0.15, -0.1) is 0 Å². The molecule has 0 amide bonds. The molecule has 0 saturated heterocycles. The fourth-order valence-corrected chi connectivity index (χ4v) is 1.65. The van der Waals surface area contributed by atoms with Gasteiger partial charge in [-0.2, -0.15) is 0 Å². The van der Waals surface area contributed by atoms with Gasteiger partial charge < -0.3 is 0 Å². The van der Waals surface area contributed by atoms with Gasteiger partial charge in [-0.05, 0) is 6.08 Å². The molecule has 3 nitrogen and oxygen atoms in total.